The maximum Gasteiger partial charge on any atom is 0.0501 e. The Hall–Kier alpha value is 0.01000. The third-order valence-corrected chi connectivity index (χ3v) is 6.70. The zero-order valence-electron chi connectivity index (χ0n) is 15.7. The van der Waals surface area contributed by atoms with Crippen LogP contribution in [0.2, 0.25) is 0 Å². The van der Waals surface area contributed by atoms with Gasteiger partial charge in [0.2, 0.25) is 0 Å². The van der Waals surface area contributed by atoms with E-state index in [0.29, 0.717) is 21.8 Å². The lowest BCUT2D eigenvalue weighted by molar-refractivity contribution is 0.131. The third-order valence-electron chi connectivity index (χ3n) is 5.87. The second-order valence-corrected chi connectivity index (χ2v) is 9.34. The van der Waals surface area contributed by atoms with E-state index in [1.807, 2.05) is 0 Å². The predicted molar refractivity (Wildman–Crippen MR) is 108 cm³/mol. The smallest absolute Gasteiger partial charge is 0.0501 e. The van der Waals surface area contributed by atoms with Crippen LogP contribution in [0.4, 0.5) is 0 Å². The maximum atomic E-state index is 4.30. The SMILES string of the molecule is C=C(C)N(CC(CC)CC)[C@H]1C=C(C)[C@@H](C)C([C@@H](C)I)[C@H]1C. The van der Waals surface area contributed by atoms with Crippen LogP contribution in [0, 0.1) is 23.7 Å². The van der Waals surface area contributed by atoms with E-state index < -0.39 is 0 Å². The van der Waals surface area contributed by atoms with Crippen molar-refractivity contribution in [2.24, 2.45) is 23.7 Å². The molecular weight excluding hydrogens is 381 g/mol. The summed E-state index contributed by atoms with van der Waals surface area (Å²) in [6.07, 6.45) is 5.04. The summed E-state index contributed by atoms with van der Waals surface area (Å²) in [6.45, 7) is 21.8. The van der Waals surface area contributed by atoms with Gasteiger partial charge >= 0.3 is 0 Å². The van der Waals surface area contributed by atoms with Crippen LogP contribution in [0.5, 0.6) is 0 Å². The van der Waals surface area contributed by atoms with Gasteiger partial charge in [0.05, 0.1) is 6.04 Å². The van der Waals surface area contributed by atoms with Crippen LogP contribution in [-0.2, 0) is 0 Å². The zero-order chi connectivity index (χ0) is 17.0. The monoisotopic (exact) mass is 417 g/mol. The molecule has 0 fully saturated rings. The molecule has 0 saturated carbocycles. The van der Waals surface area contributed by atoms with E-state index in [1.54, 1.807) is 5.57 Å². The molecule has 1 nitrogen and oxygen atoms in total. The van der Waals surface area contributed by atoms with Crippen LogP contribution < -0.4 is 0 Å². The summed E-state index contributed by atoms with van der Waals surface area (Å²) in [5, 5.41) is 0. The first kappa shape index (κ1) is 20.1. The second kappa shape index (κ2) is 8.75. The number of halogens is 1. The van der Waals surface area contributed by atoms with Gasteiger partial charge in [-0.3, -0.25) is 0 Å². The molecular formula is C20H36IN. The highest BCUT2D eigenvalue weighted by atomic mass is 127. The summed E-state index contributed by atoms with van der Waals surface area (Å²) < 4.78 is 0.703. The maximum absolute atomic E-state index is 4.30. The number of alkyl halides is 1. The molecule has 1 rings (SSSR count). The first-order valence-corrected chi connectivity index (χ1v) is 10.2. The molecule has 128 valence electrons. The van der Waals surface area contributed by atoms with E-state index in [4.69, 9.17) is 0 Å². The largest absolute Gasteiger partial charge is 0.369 e. The molecule has 0 radical (unpaired) electrons. The topological polar surface area (TPSA) is 3.24 Å². The minimum atomic E-state index is 0.511. The van der Waals surface area contributed by atoms with Crippen molar-refractivity contribution in [3.63, 3.8) is 0 Å². The number of allylic oxidation sites excluding steroid dienone is 2. The second-order valence-electron chi connectivity index (χ2n) is 7.37. The van der Waals surface area contributed by atoms with Crippen molar-refractivity contribution in [2.45, 2.75) is 71.3 Å². The first-order valence-electron chi connectivity index (χ1n) is 8.98. The van der Waals surface area contributed by atoms with Gasteiger partial charge < -0.3 is 4.90 Å². The van der Waals surface area contributed by atoms with Crippen LogP contribution in [0.25, 0.3) is 0 Å². The van der Waals surface area contributed by atoms with Crippen molar-refractivity contribution in [1.82, 2.24) is 4.90 Å². The van der Waals surface area contributed by atoms with Gasteiger partial charge in [0.1, 0.15) is 0 Å². The third kappa shape index (κ3) is 4.52. The Labute approximate surface area is 152 Å². The molecule has 0 heterocycles. The summed E-state index contributed by atoms with van der Waals surface area (Å²) in [5.74, 6) is 2.89. The molecule has 0 bridgehead atoms. The number of hydrogen-bond donors (Lipinski definition) is 0. The molecule has 0 amide bonds. The predicted octanol–water partition coefficient (Wildman–Crippen LogP) is 6.30. The van der Waals surface area contributed by atoms with Crippen LogP contribution >= 0.6 is 22.6 Å². The molecule has 1 unspecified atom stereocenters. The van der Waals surface area contributed by atoms with Crippen molar-refractivity contribution < 1.29 is 0 Å². The van der Waals surface area contributed by atoms with Crippen molar-refractivity contribution >= 4 is 22.6 Å². The van der Waals surface area contributed by atoms with Gasteiger partial charge in [0.25, 0.3) is 0 Å². The molecule has 1 aliphatic rings. The summed E-state index contributed by atoms with van der Waals surface area (Å²) >= 11 is 2.62. The number of nitrogens with zero attached hydrogens (tertiary/aromatic N) is 1. The molecule has 0 aromatic carbocycles. The van der Waals surface area contributed by atoms with Crippen LogP contribution in [0.3, 0.4) is 0 Å². The molecule has 0 aromatic rings. The van der Waals surface area contributed by atoms with E-state index >= 15 is 0 Å². The molecule has 0 spiro atoms. The highest BCUT2D eigenvalue weighted by Crippen LogP contribution is 2.41. The Morgan fingerprint density at radius 1 is 1.32 bits per heavy atom. The Bertz CT molecular complexity index is 395. The van der Waals surface area contributed by atoms with Gasteiger partial charge in [0, 0.05) is 16.2 Å². The van der Waals surface area contributed by atoms with E-state index in [1.165, 1.54) is 18.5 Å². The van der Waals surface area contributed by atoms with Crippen molar-refractivity contribution in [1.29, 1.82) is 0 Å². The van der Waals surface area contributed by atoms with Crippen LogP contribution in [0.15, 0.2) is 23.9 Å². The lowest BCUT2D eigenvalue weighted by Crippen LogP contribution is -2.47. The van der Waals surface area contributed by atoms with Gasteiger partial charge in [-0.05, 0) is 37.5 Å². The molecule has 0 N–H and O–H groups in total. The number of rotatable bonds is 7. The lowest BCUT2D eigenvalue weighted by Gasteiger charge is -2.47. The van der Waals surface area contributed by atoms with Gasteiger partial charge in [0.15, 0.2) is 0 Å². The van der Waals surface area contributed by atoms with Crippen LogP contribution in [0.1, 0.15) is 61.3 Å². The standard InChI is InChI=1S/C20H36IN/c1-9-18(10-2)12-22(13(3)4)19-11-14(5)15(6)20(16(19)7)17(8)21/h11,15-20H,3,9-10,12H2,1-2,4-8H3/t15-,16+,17-,19+,20?/m1/s1. The molecule has 2 heteroatoms. The lowest BCUT2D eigenvalue weighted by atomic mass is 9.70. The van der Waals surface area contributed by atoms with Gasteiger partial charge in [-0.15, -0.1) is 0 Å². The normalized spacial score (nSPS) is 30.1. The minimum Gasteiger partial charge on any atom is -0.369 e. The average Bonchev–Trinajstić information content (AvgIpc) is 2.44. The van der Waals surface area contributed by atoms with E-state index in [0.717, 1.165) is 18.4 Å². The van der Waals surface area contributed by atoms with Crippen molar-refractivity contribution in [3.8, 4) is 0 Å². The molecule has 1 aliphatic carbocycles. The molecule has 0 aromatic heterocycles. The fraction of sp³-hybridized carbons (Fsp3) is 0.800. The Balaban J connectivity index is 3.10. The molecule has 5 atom stereocenters. The Morgan fingerprint density at radius 2 is 1.86 bits per heavy atom. The average molecular weight is 417 g/mol. The summed E-state index contributed by atoms with van der Waals surface area (Å²) in [6, 6.07) is 0.511. The molecule has 0 aliphatic heterocycles. The van der Waals surface area contributed by atoms with Crippen molar-refractivity contribution in [3.05, 3.63) is 23.9 Å². The van der Waals surface area contributed by atoms with E-state index in [-0.39, 0.29) is 0 Å². The fourth-order valence-corrected chi connectivity index (χ4v) is 5.38. The molecule has 22 heavy (non-hydrogen) atoms. The van der Waals surface area contributed by atoms with Gasteiger partial charge in [-0.2, -0.15) is 0 Å². The number of hydrogen-bond acceptors (Lipinski definition) is 1. The first-order chi connectivity index (χ1) is 10.2. The Morgan fingerprint density at radius 3 is 2.27 bits per heavy atom. The van der Waals surface area contributed by atoms with E-state index in [9.17, 15) is 0 Å². The summed E-state index contributed by atoms with van der Waals surface area (Å²) in [5.41, 5.74) is 2.79. The Kier molecular flexibility index (Phi) is 7.97. The van der Waals surface area contributed by atoms with E-state index in [2.05, 4.69) is 88.6 Å². The highest BCUT2D eigenvalue weighted by molar-refractivity contribution is 14.1. The fourth-order valence-electron chi connectivity index (χ4n) is 4.11. The minimum absolute atomic E-state index is 0.511. The summed E-state index contributed by atoms with van der Waals surface area (Å²) in [4.78, 5) is 2.59. The molecule has 0 saturated heterocycles. The van der Waals surface area contributed by atoms with Crippen molar-refractivity contribution in [2.75, 3.05) is 6.54 Å². The van der Waals surface area contributed by atoms with Crippen LogP contribution in [-0.4, -0.2) is 21.4 Å². The van der Waals surface area contributed by atoms with Gasteiger partial charge in [-0.1, -0.05) is 88.3 Å². The highest BCUT2D eigenvalue weighted by Gasteiger charge is 2.38. The zero-order valence-corrected chi connectivity index (χ0v) is 17.9. The summed E-state index contributed by atoms with van der Waals surface area (Å²) in [7, 11) is 0. The van der Waals surface area contributed by atoms with Gasteiger partial charge in [-0.25, -0.2) is 0 Å². The quantitative estimate of drug-likeness (QED) is 0.267.